The molecule has 0 bridgehead atoms. The summed E-state index contributed by atoms with van der Waals surface area (Å²) in [6.07, 6.45) is 3.55. The van der Waals surface area contributed by atoms with Crippen LogP contribution < -0.4 is 0 Å². The van der Waals surface area contributed by atoms with Crippen LogP contribution in [0.4, 0.5) is 0 Å². The summed E-state index contributed by atoms with van der Waals surface area (Å²) < 4.78 is 0. The molecule has 18 heavy (non-hydrogen) atoms. The molecule has 0 aromatic heterocycles. The van der Waals surface area contributed by atoms with Gasteiger partial charge in [0.05, 0.1) is 0 Å². The largest absolute Gasteiger partial charge is 0.0700 e. The van der Waals surface area contributed by atoms with Crippen molar-refractivity contribution in [1.82, 2.24) is 0 Å². The molecule has 2 aromatic carbocycles. The molecule has 0 aliphatic heterocycles. The molecule has 0 saturated heterocycles. The van der Waals surface area contributed by atoms with Crippen molar-refractivity contribution in [2.75, 3.05) is 0 Å². The monoisotopic (exact) mass is 234 g/mol. The van der Waals surface area contributed by atoms with E-state index in [9.17, 15) is 0 Å². The molecule has 0 heteroatoms. The Morgan fingerprint density at radius 3 is 2.11 bits per heavy atom. The van der Waals surface area contributed by atoms with E-state index in [0.29, 0.717) is 0 Å². The van der Waals surface area contributed by atoms with E-state index in [1.165, 1.54) is 22.3 Å². The first-order valence-electron chi connectivity index (χ1n) is 6.52. The van der Waals surface area contributed by atoms with Crippen LogP contribution in [0.1, 0.15) is 30.0 Å². The van der Waals surface area contributed by atoms with Gasteiger partial charge in [0, 0.05) is 5.41 Å². The van der Waals surface area contributed by atoms with Crippen LogP contribution in [0, 0.1) is 6.92 Å². The van der Waals surface area contributed by atoms with Gasteiger partial charge in [0.15, 0.2) is 0 Å². The minimum Gasteiger partial charge on any atom is -0.0700 e. The summed E-state index contributed by atoms with van der Waals surface area (Å²) in [5.74, 6) is 0. The Morgan fingerprint density at radius 2 is 1.50 bits per heavy atom. The summed E-state index contributed by atoms with van der Waals surface area (Å²) in [5, 5.41) is 0. The summed E-state index contributed by atoms with van der Waals surface area (Å²) in [5.41, 5.74) is 5.81. The SMILES string of the molecule is Cc1ccc(C2=CC(C)(c3ccccc3)C2)cc1. The summed E-state index contributed by atoms with van der Waals surface area (Å²) in [4.78, 5) is 0. The minimum absolute atomic E-state index is 0.224. The molecule has 2 aromatic rings. The second-order valence-electron chi connectivity index (χ2n) is 5.50. The highest BCUT2D eigenvalue weighted by molar-refractivity contribution is 5.75. The van der Waals surface area contributed by atoms with E-state index >= 15 is 0 Å². The summed E-state index contributed by atoms with van der Waals surface area (Å²) >= 11 is 0. The van der Waals surface area contributed by atoms with E-state index in [1.54, 1.807) is 0 Å². The predicted molar refractivity (Wildman–Crippen MR) is 77.6 cm³/mol. The average molecular weight is 234 g/mol. The van der Waals surface area contributed by atoms with E-state index in [4.69, 9.17) is 0 Å². The second-order valence-corrected chi connectivity index (χ2v) is 5.50. The van der Waals surface area contributed by atoms with Crippen LogP contribution in [0.5, 0.6) is 0 Å². The molecular formula is C18H18. The number of aryl methyl sites for hydroxylation is 1. The molecule has 0 heterocycles. The first kappa shape index (κ1) is 11.3. The summed E-state index contributed by atoms with van der Waals surface area (Å²) in [6.45, 7) is 4.45. The Labute approximate surface area is 109 Å². The van der Waals surface area contributed by atoms with Gasteiger partial charge in [0.1, 0.15) is 0 Å². The molecule has 0 fully saturated rings. The number of hydrogen-bond acceptors (Lipinski definition) is 0. The minimum atomic E-state index is 0.224. The van der Waals surface area contributed by atoms with Crippen LogP contribution in [0.3, 0.4) is 0 Å². The molecule has 1 atom stereocenters. The van der Waals surface area contributed by atoms with Gasteiger partial charge in [-0.2, -0.15) is 0 Å². The third-order valence-corrected chi connectivity index (χ3v) is 3.91. The van der Waals surface area contributed by atoms with Gasteiger partial charge in [-0.05, 0) is 30.0 Å². The van der Waals surface area contributed by atoms with Gasteiger partial charge in [0.25, 0.3) is 0 Å². The fraction of sp³-hybridized carbons (Fsp3) is 0.222. The van der Waals surface area contributed by atoms with Crippen LogP contribution >= 0.6 is 0 Å². The Bertz CT molecular complexity index is 575. The second kappa shape index (κ2) is 4.13. The molecule has 0 radical (unpaired) electrons. The fourth-order valence-corrected chi connectivity index (χ4v) is 2.71. The zero-order valence-electron chi connectivity index (χ0n) is 11.0. The van der Waals surface area contributed by atoms with Crippen LogP contribution in [-0.2, 0) is 5.41 Å². The van der Waals surface area contributed by atoms with Gasteiger partial charge in [-0.15, -0.1) is 0 Å². The van der Waals surface area contributed by atoms with Crippen molar-refractivity contribution in [2.45, 2.75) is 25.7 Å². The van der Waals surface area contributed by atoms with Crippen LogP contribution in [0.2, 0.25) is 0 Å². The normalized spacial score (nSPS) is 22.2. The quantitative estimate of drug-likeness (QED) is 0.704. The van der Waals surface area contributed by atoms with Gasteiger partial charge >= 0.3 is 0 Å². The van der Waals surface area contributed by atoms with E-state index in [0.717, 1.165) is 6.42 Å². The molecule has 0 nitrogen and oxygen atoms in total. The third-order valence-electron chi connectivity index (χ3n) is 3.91. The maximum atomic E-state index is 2.41. The van der Waals surface area contributed by atoms with Crippen molar-refractivity contribution in [3.05, 3.63) is 77.4 Å². The first-order valence-corrected chi connectivity index (χ1v) is 6.52. The van der Waals surface area contributed by atoms with Gasteiger partial charge in [-0.1, -0.05) is 73.2 Å². The molecule has 90 valence electrons. The van der Waals surface area contributed by atoms with Crippen molar-refractivity contribution in [3.63, 3.8) is 0 Å². The van der Waals surface area contributed by atoms with Crippen LogP contribution in [0.15, 0.2) is 60.7 Å². The van der Waals surface area contributed by atoms with Crippen LogP contribution in [0.25, 0.3) is 5.57 Å². The Kier molecular flexibility index (Phi) is 2.59. The van der Waals surface area contributed by atoms with E-state index in [2.05, 4.69) is 74.5 Å². The highest BCUT2D eigenvalue weighted by Gasteiger charge is 2.33. The Morgan fingerprint density at radius 1 is 0.889 bits per heavy atom. The van der Waals surface area contributed by atoms with E-state index < -0.39 is 0 Å². The molecule has 1 aliphatic carbocycles. The smallest absolute Gasteiger partial charge is 0.0150 e. The lowest BCUT2D eigenvalue weighted by Crippen LogP contribution is -2.27. The zero-order chi connectivity index (χ0) is 12.6. The maximum Gasteiger partial charge on any atom is 0.0150 e. The van der Waals surface area contributed by atoms with Crippen molar-refractivity contribution in [2.24, 2.45) is 0 Å². The lowest BCUT2D eigenvalue weighted by molar-refractivity contribution is 0.570. The van der Waals surface area contributed by atoms with E-state index in [1.807, 2.05) is 0 Å². The highest BCUT2D eigenvalue weighted by atomic mass is 14.4. The number of rotatable bonds is 2. The van der Waals surface area contributed by atoms with Gasteiger partial charge < -0.3 is 0 Å². The molecule has 3 rings (SSSR count). The Balaban J connectivity index is 1.88. The average Bonchev–Trinajstić information content (AvgIpc) is 2.37. The van der Waals surface area contributed by atoms with Crippen LogP contribution in [-0.4, -0.2) is 0 Å². The lowest BCUT2D eigenvalue weighted by atomic mass is 9.66. The predicted octanol–water partition coefficient (Wildman–Crippen LogP) is 4.74. The maximum absolute atomic E-state index is 2.41. The fourth-order valence-electron chi connectivity index (χ4n) is 2.71. The molecule has 1 unspecified atom stereocenters. The van der Waals surface area contributed by atoms with Crippen molar-refractivity contribution in [3.8, 4) is 0 Å². The molecule has 1 aliphatic rings. The molecule has 0 N–H and O–H groups in total. The van der Waals surface area contributed by atoms with Gasteiger partial charge in [0.2, 0.25) is 0 Å². The summed E-state index contributed by atoms with van der Waals surface area (Å²) in [6, 6.07) is 19.6. The van der Waals surface area contributed by atoms with E-state index in [-0.39, 0.29) is 5.41 Å². The van der Waals surface area contributed by atoms with Crippen molar-refractivity contribution in [1.29, 1.82) is 0 Å². The molecule has 0 spiro atoms. The van der Waals surface area contributed by atoms with Gasteiger partial charge in [-0.25, -0.2) is 0 Å². The number of hydrogen-bond donors (Lipinski definition) is 0. The number of allylic oxidation sites excluding steroid dienone is 2. The highest BCUT2D eigenvalue weighted by Crippen LogP contribution is 2.45. The Hall–Kier alpha value is -1.82. The number of benzene rings is 2. The topological polar surface area (TPSA) is 0 Å². The van der Waals surface area contributed by atoms with Crippen molar-refractivity contribution < 1.29 is 0 Å². The lowest BCUT2D eigenvalue weighted by Gasteiger charge is -2.37. The molecule has 0 saturated carbocycles. The third kappa shape index (κ3) is 1.88. The zero-order valence-corrected chi connectivity index (χ0v) is 11.0. The summed E-state index contributed by atoms with van der Waals surface area (Å²) in [7, 11) is 0. The first-order chi connectivity index (χ1) is 8.67. The van der Waals surface area contributed by atoms with Crippen molar-refractivity contribution >= 4 is 5.57 Å². The molecule has 0 amide bonds. The molecular weight excluding hydrogens is 216 g/mol. The standard InChI is InChI=1S/C18H18/c1-14-8-10-15(11-9-14)16-12-18(2,13-16)17-6-4-3-5-7-17/h3-12H,13H2,1-2H3. The van der Waals surface area contributed by atoms with Gasteiger partial charge in [-0.3, -0.25) is 0 Å².